The van der Waals surface area contributed by atoms with Gasteiger partial charge in [0.2, 0.25) is 0 Å². The zero-order valence-corrected chi connectivity index (χ0v) is 12.6. The number of nitrogens with zero attached hydrogens (tertiary/aromatic N) is 1. The van der Waals surface area contributed by atoms with Crippen LogP contribution < -0.4 is 10.6 Å². The van der Waals surface area contributed by atoms with E-state index in [0.717, 1.165) is 25.0 Å². The third-order valence-electron chi connectivity index (χ3n) is 3.93. The molecule has 0 bridgehead atoms. The Hall–Kier alpha value is -1.58. The van der Waals surface area contributed by atoms with E-state index in [0.29, 0.717) is 5.92 Å². The van der Waals surface area contributed by atoms with Crippen LogP contribution in [0.25, 0.3) is 0 Å². The summed E-state index contributed by atoms with van der Waals surface area (Å²) >= 11 is 0. The Bertz CT molecular complexity index is 440. The highest BCUT2D eigenvalue weighted by Gasteiger charge is 2.33. The van der Waals surface area contributed by atoms with Crippen molar-refractivity contribution in [1.29, 1.82) is 0 Å². The molecular weight excluding hydrogens is 250 g/mol. The molecule has 110 valence electrons. The largest absolute Gasteiger partial charge is 0.333 e. The van der Waals surface area contributed by atoms with Crippen LogP contribution in [0.5, 0.6) is 0 Å². The number of carbonyl (C=O) groups excluding carboxylic acids is 1. The van der Waals surface area contributed by atoms with Gasteiger partial charge < -0.3 is 10.6 Å². The first-order chi connectivity index (χ1) is 9.48. The summed E-state index contributed by atoms with van der Waals surface area (Å²) in [6.45, 7) is 6.42. The van der Waals surface area contributed by atoms with Gasteiger partial charge in [-0.15, -0.1) is 0 Å². The maximum Gasteiger partial charge on any atom is 0.315 e. The molecule has 4 nitrogen and oxygen atoms in total. The van der Waals surface area contributed by atoms with Gasteiger partial charge in [0, 0.05) is 11.7 Å². The number of amides is 2. The Morgan fingerprint density at radius 2 is 2.15 bits per heavy atom. The third kappa shape index (κ3) is 3.95. The molecule has 1 heterocycles. The Morgan fingerprint density at radius 1 is 1.40 bits per heavy atom. The number of nitrogens with one attached hydrogen (secondary N) is 2. The van der Waals surface area contributed by atoms with Crippen LogP contribution >= 0.6 is 0 Å². The monoisotopic (exact) mass is 275 g/mol. The Balaban J connectivity index is 1.98. The molecule has 4 heteroatoms. The van der Waals surface area contributed by atoms with E-state index in [-0.39, 0.29) is 17.6 Å². The van der Waals surface area contributed by atoms with Gasteiger partial charge in [0.1, 0.15) is 0 Å². The first-order valence-corrected chi connectivity index (χ1v) is 7.48. The molecule has 2 N–H and O–H groups in total. The lowest BCUT2D eigenvalue weighted by Crippen LogP contribution is -2.54. The highest BCUT2D eigenvalue weighted by Crippen LogP contribution is 2.31. The average Bonchev–Trinajstić information content (AvgIpc) is 2.36. The molecule has 2 amide bonds. The second-order valence-electron chi connectivity index (χ2n) is 6.45. The van der Waals surface area contributed by atoms with Gasteiger partial charge in [-0.1, -0.05) is 19.9 Å². The van der Waals surface area contributed by atoms with Crippen molar-refractivity contribution in [1.82, 2.24) is 15.6 Å². The number of hydrogen-bond donors (Lipinski definition) is 2. The highest BCUT2D eigenvalue weighted by molar-refractivity contribution is 5.75. The van der Waals surface area contributed by atoms with Crippen molar-refractivity contribution in [3.8, 4) is 0 Å². The van der Waals surface area contributed by atoms with E-state index in [4.69, 9.17) is 0 Å². The quantitative estimate of drug-likeness (QED) is 0.865. The van der Waals surface area contributed by atoms with E-state index in [1.165, 1.54) is 6.42 Å². The summed E-state index contributed by atoms with van der Waals surface area (Å²) in [6.07, 6.45) is 6.00. The predicted octanol–water partition coefficient (Wildman–Crippen LogP) is 3.41. The number of urea groups is 1. The van der Waals surface area contributed by atoms with Crippen LogP contribution in [0.1, 0.15) is 58.2 Å². The molecule has 1 fully saturated rings. The van der Waals surface area contributed by atoms with E-state index in [1.54, 1.807) is 6.20 Å². The summed E-state index contributed by atoms with van der Waals surface area (Å²) in [6, 6.07) is 5.72. The molecule has 0 aliphatic heterocycles. The lowest BCUT2D eigenvalue weighted by Gasteiger charge is -2.39. The van der Waals surface area contributed by atoms with Crippen molar-refractivity contribution in [2.45, 2.75) is 58.0 Å². The maximum absolute atomic E-state index is 12.2. The number of hydrogen-bond acceptors (Lipinski definition) is 2. The average molecular weight is 275 g/mol. The van der Waals surface area contributed by atoms with Crippen LogP contribution in [0.4, 0.5) is 4.79 Å². The van der Waals surface area contributed by atoms with Crippen molar-refractivity contribution >= 4 is 6.03 Å². The minimum atomic E-state index is -0.0801. The number of aromatic nitrogens is 1. The van der Waals surface area contributed by atoms with Crippen LogP contribution in [0.15, 0.2) is 24.4 Å². The molecule has 1 aromatic rings. The van der Waals surface area contributed by atoms with E-state index < -0.39 is 0 Å². The zero-order chi connectivity index (χ0) is 14.6. The molecule has 1 saturated carbocycles. The normalized spacial score (nSPS) is 18.2. The minimum absolute atomic E-state index is 0.0173. The van der Waals surface area contributed by atoms with Gasteiger partial charge >= 0.3 is 6.03 Å². The van der Waals surface area contributed by atoms with Crippen molar-refractivity contribution in [2.75, 3.05) is 0 Å². The Kier molecular flexibility index (Phi) is 4.63. The van der Waals surface area contributed by atoms with E-state index in [1.807, 2.05) is 18.2 Å². The van der Waals surface area contributed by atoms with Gasteiger partial charge in [-0.25, -0.2) is 4.79 Å². The fraction of sp³-hybridized carbons (Fsp3) is 0.625. The van der Waals surface area contributed by atoms with Crippen molar-refractivity contribution in [3.05, 3.63) is 30.1 Å². The van der Waals surface area contributed by atoms with Gasteiger partial charge in [0.15, 0.2) is 0 Å². The van der Waals surface area contributed by atoms with Gasteiger partial charge in [-0.05, 0) is 50.7 Å². The van der Waals surface area contributed by atoms with E-state index in [2.05, 4.69) is 36.4 Å². The molecule has 0 aromatic carbocycles. The lowest BCUT2D eigenvalue weighted by atomic mass is 9.79. The summed E-state index contributed by atoms with van der Waals surface area (Å²) in [5.74, 6) is 0.501. The number of carbonyl (C=O) groups is 1. The second kappa shape index (κ2) is 6.25. The summed E-state index contributed by atoms with van der Waals surface area (Å²) in [7, 11) is 0. The van der Waals surface area contributed by atoms with Crippen LogP contribution in [0.3, 0.4) is 0 Å². The van der Waals surface area contributed by atoms with E-state index in [9.17, 15) is 4.79 Å². The first-order valence-electron chi connectivity index (χ1n) is 7.48. The number of pyridine rings is 1. The van der Waals surface area contributed by atoms with Crippen LogP contribution in [-0.2, 0) is 0 Å². The van der Waals surface area contributed by atoms with Crippen molar-refractivity contribution in [2.24, 2.45) is 5.92 Å². The topological polar surface area (TPSA) is 54.0 Å². The molecule has 1 unspecified atom stereocenters. The zero-order valence-electron chi connectivity index (χ0n) is 12.6. The molecule has 1 atom stereocenters. The Morgan fingerprint density at radius 3 is 2.65 bits per heavy atom. The van der Waals surface area contributed by atoms with Gasteiger partial charge in [-0.2, -0.15) is 0 Å². The first kappa shape index (κ1) is 14.8. The van der Waals surface area contributed by atoms with Crippen LogP contribution in [-0.4, -0.2) is 16.6 Å². The van der Waals surface area contributed by atoms with Gasteiger partial charge in [0.05, 0.1) is 11.7 Å². The van der Waals surface area contributed by atoms with Crippen LogP contribution in [0, 0.1) is 5.92 Å². The molecule has 1 aliphatic rings. The van der Waals surface area contributed by atoms with Gasteiger partial charge in [0.25, 0.3) is 0 Å². The minimum Gasteiger partial charge on any atom is -0.333 e. The summed E-state index contributed by atoms with van der Waals surface area (Å²) in [4.78, 5) is 16.5. The lowest BCUT2D eigenvalue weighted by molar-refractivity contribution is 0.187. The van der Waals surface area contributed by atoms with Crippen molar-refractivity contribution < 1.29 is 4.79 Å². The summed E-state index contributed by atoms with van der Waals surface area (Å²) in [5.41, 5.74) is 0.909. The fourth-order valence-corrected chi connectivity index (χ4v) is 2.61. The molecule has 0 radical (unpaired) electrons. The van der Waals surface area contributed by atoms with Gasteiger partial charge in [-0.3, -0.25) is 4.98 Å². The molecule has 1 aromatic heterocycles. The predicted molar refractivity (Wildman–Crippen MR) is 80.4 cm³/mol. The summed E-state index contributed by atoms with van der Waals surface area (Å²) < 4.78 is 0. The Labute approximate surface area is 121 Å². The molecule has 1 aliphatic carbocycles. The number of rotatable bonds is 5. The van der Waals surface area contributed by atoms with E-state index >= 15 is 0 Å². The molecule has 2 rings (SSSR count). The maximum atomic E-state index is 12.2. The summed E-state index contributed by atoms with van der Waals surface area (Å²) in [5, 5.41) is 6.16. The van der Waals surface area contributed by atoms with Crippen molar-refractivity contribution in [3.63, 3.8) is 0 Å². The molecule has 0 spiro atoms. The molecule has 20 heavy (non-hydrogen) atoms. The molecule has 0 saturated heterocycles. The SMILES string of the molecule is CC(C)CC(NC(=O)NC1(C)CCC1)c1ccccn1. The standard InChI is InChI=1S/C16H25N3O/c1-12(2)11-14(13-7-4-5-10-17-13)18-15(20)19-16(3)8-6-9-16/h4-5,7,10,12,14H,6,8-9,11H2,1-3H3,(H2,18,19,20). The molecular formula is C16H25N3O. The van der Waals surface area contributed by atoms with Crippen LogP contribution in [0.2, 0.25) is 0 Å². The second-order valence-corrected chi connectivity index (χ2v) is 6.45. The highest BCUT2D eigenvalue weighted by atomic mass is 16.2. The third-order valence-corrected chi connectivity index (χ3v) is 3.93. The smallest absolute Gasteiger partial charge is 0.315 e. The fourth-order valence-electron chi connectivity index (χ4n) is 2.61.